The number of hydrogen-bond donors (Lipinski definition) is 1. The number of rotatable bonds is 7. The summed E-state index contributed by atoms with van der Waals surface area (Å²) >= 11 is 0. The molecule has 5 nitrogen and oxygen atoms in total. The van der Waals surface area contributed by atoms with Crippen molar-refractivity contribution in [2.45, 2.75) is 25.4 Å². The van der Waals surface area contributed by atoms with Crippen LogP contribution in [-0.4, -0.2) is 44.2 Å². The van der Waals surface area contributed by atoms with Crippen molar-refractivity contribution in [3.05, 3.63) is 65.7 Å². The normalized spacial score (nSPS) is 18.2. The van der Waals surface area contributed by atoms with Gasteiger partial charge in [-0.1, -0.05) is 30.3 Å². The quantitative estimate of drug-likeness (QED) is 0.745. The van der Waals surface area contributed by atoms with Gasteiger partial charge < -0.3 is 14.8 Å². The third kappa shape index (κ3) is 4.93. The number of nitrogens with zero attached hydrogens (tertiary/aromatic N) is 1. The molecule has 5 heteroatoms. The van der Waals surface area contributed by atoms with E-state index in [4.69, 9.17) is 9.47 Å². The predicted octanol–water partition coefficient (Wildman–Crippen LogP) is 3.67. The van der Waals surface area contributed by atoms with Gasteiger partial charge in [0.15, 0.2) is 0 Å². The summed E-state index contributed by atoms with van der Waals surface area (Å²) in [6, 6.07) is 16.5. The van der Waals surface area contributed by atoms with E-state index < -0.39 is 0 Å². The minimum Gasteiger partial charge on any atom is -0.497 e. The Morgan fingerprint density at radius 2 is 1.96 bits per heavy atom. The van der Waals surface area contributed by atoms with Gasteiger partial charge in [-0.05, 0) is 37.1 Å². The van der Waals surface area contributed by atoms with Gasteiger partial charge in [-0.2, -0.15) is 0 Å². The van der Waals surface area contributed by atoms with E-state index in [0.717, 1.165) is 30.8 Å². The van der Waals surface area contributed by atoms with Crippen molar-refractivity contribution >= 4 is 12.0 Å². The Balaban J connectivity index is 1.55. The number of methoxy groups -OCH3 is 2. The van der Waals surface area contributed by atoms with E-state index in [1.807, 2.05) is 18.2 Å². The van der Waals surface area contributed by atoms with Crippen molar-refractivity contribution in [1.29, 1.82) is 0 Å². The molecule has 1 amide bonds. The van der Waals surface area contributed by atoms with Crippen molar-refractivity contribution in [3.8, 4) is 11.5 Å². The second-order valence-electron chi connectivity index (χ2n) is 7.02. The molecule has 2 unspecified atom stereocenters. The fourth-order valence-electron chi connectivity index (χ4n) is 3.57. The van der Waals surface area contributed by atoms with Crippen LogP contribution in [0.3, 0.4) is 0 Å². The van der Waals surface area contributed by atoms with E-state index in [0.29, 0.717) is 11.8 Å². The molecule has 1 fully saturated rings. The molecule has 2 aromatic rings. The number of carbonyl (C=O) groups is 1. The molecule has 2 aromatic carbocycles. The van der Waals surface area contributed by atoms with E-state index in [1.165, 1.54) is 5.56 Å². The highest BCUT2D eigenvalue weighted by Gasteiger charge is 2.27. The Bertz CT molecular complexity index is 820. The Labute approximate surface area is 167 Å². The lowest BCUT2D eigenvalue weighted by Crippen LogP contribution is -2.36. The van der Waals surface area contributed by atoms with Crippen LogP contribution in [0.1, 0.15) is 30.5 Å². The van der Waals surface area contributed by atoms with Crippen LogP contribution in [0.15, 0.2) is 54.6 Å². The molecule has 28 heavy (non-hydrogen) atoms. The molecule has 148 valence electrons. The fraction of sp³-hybridized carbons (Fsp3) is 0.348. The molecule has 0 saturated carbocycles. The molecule has 0 aromatic heterocycles. The Morgan fingerprint density at radius 3 is 2.68 bits per heavy atom. The van der Waals surface area contributed by atoms with Crippen molar-refractivity contribution < 1.29 is 14.3 Å². The maximum absolute atomic E-state index is 12.4. The van der Waals surface area contributed by atoms with Crippen LogP contribution in [0.5, 0.6) is 11.5 Å². The monoisotopic (exact) mass is 380 g/mol. The molecule has 1 saturated heterocycles. The van der Waals surface area contributed by atoms with Gasteiger partial charge in [-0.3, -0.25) is 9.69 Å². The summed E-state index contributed by atoms with van der Waals surface area (Å²) in [7, 11) is 3.22. The van der Waals surface area contributed by atoms with E-state index in [-0.39, 0.29) is 11.9 Å². The number of amides is 1. The highest BCUT2D eigenvalue weighted by Crippen LogP contribution is 2.26. The summed E-state index contributed by atoms with van der Waals surface area (Å²) in [5.74, 6) is 1.31. The minimum atomic E-state index is -0.0860. The average Bonchev–Trinajstić information content (AvgIpc) is 3.20. The molecule has 1 heterocycles. The average molecular weight is 380 g/mol. The number of hydrogen-bond acceptors (Lipinski definition) is 4. The van der Waals surface area contributed by atoms with Gasteiger partial charge in [0.1, 0.15) is 11.5 Å². The van der Waals surface area contributed by atoms with E-state index in [1.54, 1.807) is 32.4 Å². The third-order valence-corrected chi connectivity index (χ3v) is 5.25. The van der Waals surface area contributed by atoms with Crippen LogP contribution in [0, 0.1) is 0 Å². The van der Waals surface area contributed by atoms with Crippen molar-refractivity contribution in [1.82, 2.24) is 10.2 Å². The number of carbonyl (C=O) groups excluding carboxylic acids is 1. The Morgan fingerprint density at radius 1 is 1.18 bits per heavy atom. The molecule has 1 N–H and O–H groups in total. The van der Waals surface area contributed by atoms with Gasteiger partial charge in [-0.25, -0.2) is 0 Å². The SMILES string of the molecule is COc1ccc(C=CC(=O)NC2CCN(C(C)c3ccccc3)C2)c(OC)c1. The lowest BCUT2D eigenvalue weighted by atomic mass is 10.1. The van der Waals surface area contributed by atoms with Crippen LogP contribution >= 0.6 is 0 Å². The molecule has 2 atom stereocenters. The number of ether oxygens (including phenoxy) is 2. The number of benzene rings is 2. The van der Waals surface area contributed by atoms with Crippen LogP contribution < -0.4 is 14.8 Å². The predicted molar refractivity (Wildman–Crippen MR) is 112 cm³/mol. The summed E-state index contributed by atoms with van der Waals surface area (Å²) < 4.78 is 10.6. The lowest BCUT2D eigenvalue weighted by Gasteiger charge is -2.24. The summed E-state index contributed by atoms with van der Waals surface area (Å²) in [6.07, 6.45) is 4.29. The summed E-state index contributed by atoms with van der Waals surface area (Å²) in [4.78, 5) is 14.8. The second-order valence-corrected chi connectivity index (χ2v) is 7.02. The van der Waals surface area contributed by atoms with E-state index in [9.17, 15) is 4.79 Å². The minimum absolute atomic E-state index is 0.0860. The van der Waals surface area contributed by atoms with Crippen LogP contribution in [0.25, 0.3) is 6.08 Å². The Hall–Kier alpha value is -2.79. The van der Waals surface area contributed by atoms with Gasteiger partial charge in [0, 0.05) is 42.9 Å². The number of nitrogens with one attached hydrogen (secondary N) is 1. The first-order valence-electron chi connectivity index (χ1n) is 9.60. The zero-order chi connectivity index (χ0) is 19.9. The topological polar surface area (TPSA) is 50.8 Å². The van der Waals surface area contributed by atoms with Gasteiger partial charge in [0.2, 0.25) is 5.91 Å². The molecule has 3 rings (SSSR count). The highest BCUT2D eigenvalue weighted by molar-refractivity contribution is 5.92. The van der Waals surface area contributed by atoms with Crippen molar-refractivity contribution in [2.24, 2.45) is 0 Å². The van der Waals surface area contributed by atoms with Crippen molar-refractivity contribution in [3.63, 3.8) is 0 Å². The number of likely N-dealkylation sites (tertiary alicyclic amines) is 1. The molecule has 1 aliphatic rings. The molecule has 0 spiro atoms. The Kier molecular flexibility index (Phi) is 6.71. The standard InChI is InChI=1S/C23H28N2O3/c1-17(18-7-5-4-6-8-18)25-14-13-20(16-25)24-23(26)12-10-19-9-11-21(27-2)15-22(19)28-3/h4-12,15,17,20H,13-14,16H2,1-3H3,(H,24,26). The third-order valence-electron chi connectivity index (χ3n) is 5.25. The zero-order valence-corrected chi connectivity index (χ0v) is 16.7. The van der Waals surface area contributed by atoms with Gasteiger partial charge in [0.25, 0.3) is 0 Å². The van der Waals surface area contributed by atoms with Crippen molar-refractivity contribution in [2.75, 3.05) is 27.3 Å². The van der Waals surface area contributed by atoms with Crippen LogP contribution in [0.4, 0.5) is 0 Å². The molecule has 0 aliphatic carbocycles. The fourth-order valence-corrected chi connectivity index (χ4v) is 3.57. The summed E-state index contributed by atoms with van der Waals surface area (Å²) in [5, 5.41) is 3.11. The summed E-state index contributed by atoms with van der Waals surface area (Å²) in [5.41, 5.74) is 2.14. The first kappa shape index (κ1) is 20.0. The smallest absolute Gasteiger partial charge is 0.244 e. The maximum Gasteiger partial charge on any atom is 0.244 e. The van der Waals surface area contributed by atoms with Gasteiger partial charge in [0.05, 0.1) is 14.2 Å². The lowest BCUT2D eigenvalue weighted by molar-refractivity contribution is -0.117. The van der Waals surface area contributed by atoms with Crippen LogP contribution in [0.2, 0.25) is 0 Å². The van der Waals surface area contributed by atoms with Gasteiger partial charge in [-0.15, -0.1) is 0 Å². The summed E-state index contributed by atoms with van der Waals surface area (Å²) in [6.45, 7) is 4.06. The van der Waals surface area contributed by atoms with E-state index >= 15 is 0 Å². The molecular weight excluding hydrogens is 352 g/mol. The van der Waals surface area contributed by atoms with Gasteiger partial charge >= 0.3 is 0 Å². The second kappa shape index (κ2) is 9.42. The largest absolute Gasteiger partial charge is 0.497 e. The van der Waals surface area contributed by atoms with E-state index in [2.05, 4.69) is 41.4 Å². The first-order valence-corrected chi connectivity index (χ1v) is 9.60. The molecule has 1 aliphatic heterocycles. The maximum atomic E-state index is 12.4. The molecular formula is C23H28N2O3. The van der Waals surface area contributed by atoms with Crippen LogP contribution in [-0.2, 0) is 4.79 Å². The molecule has 0 radical (unpaired) electrons. The molecule has 0 bridgehead atoms. The first-order chi connectivity index (χ1) is 13.6. The highest BCUT2D eigenvalue weighted by atomic mass is 16.5. The zero-order valence-electron chi connectivity index (χ0n) is 16.7.